The van der Waals surface area contributed by atoms with Gasteiger partial charge in [0.25, 0.3) is 0 Å². The van der Waals surface area contributed by atoms with Crippen molar-refractivity contribution < 1.29 is 4.74 Å². The van der Waals surface area contributed by atoms with E-state index in [2.05, 4.69) is 10.4 Å². The second-order valence-corrected chi connectivity index (χ2v) is 5.08. The van der Waals surface area contributed by atoms with Crippen LogP contribution in [0.2, 0.25) is 0 Å². The predicted octanol–water partition coefficient (Wildman–Crippen LogP) is 3.08. The van der Waals surface area contributed by atoms with Crippen LogP contribution in [-0.2, 0) is 4.74 Å². The van der Waals surface area contributed by atoms with E-state index < -0.39 is 0 Å². The third kappa shape index (κ3) is 2.65. The molecule has 22 heavy (non-hydrogen) atoms. The van der Waals surface area contributed by atoms with Crippen LogP contribution < -0.4 is 5.32 Å². The molecule has 0 bridgehead atoms. The number of nitriles is 2. The predicted molar refractivity (Wildman–Crippen MR) is 81.5 cm³/mol. The van der Waals surface area contributed by atoms with E-state index in [1.165, 1.54) is 6.20 Å². The van der Waals surface area contributed by atoms with Crippen molar-refractivity contribution in [3.8, 4) is 12.1 Å². The van der Waals surface area contributed by atoms with E-state index >= 15 is 0 Å². The van der Waals surface area contributed by atoms with Crippen molar-refractivity contribution in [2.24, 2.45) is 0 Å². The number of nitrogens with one attached hydrogen (secondary N) is 1. The lowest BCUT2D eigenvalue weighted by Crippen LogP contribution is -2.19. The summed E-state index contributed by atoms with van der Waals surface area (Å²) in [6.45, 7) is 0.745. The Morgan fingerprint density at radius 2 is 2.23 bits per heavy atom. The summed E-state index contributed by atoms with van der Waals surface area (Å²) in [5.41, 5.74) is 1.74. The van der Waals surface area contributed by atoms with Gasteiger partial charge in [0, 0.05) is 18.2 Å². The molecule has 3 rings (SSSR count). The summed E-state index contributed by atoms with van der Waals surface area (Å²) in [5, 5.41) is 26.1. The first-order valence-electron chi connectivity index (χ1n) is 7.18. The van der Waals surface area contributed by atoms with Crippen LogP contribution in [0.5, 0.6) is 0 Å². The number of aromatic nitrogens is 2. The van der Waals surface area contributed by atoms with Gasteiger partial charge in [-0.25, -0.2) is 4.68 Å². The Labute approximate surface area is 128 Å². The highest BCUT2D eigenvalue weighted by atomic mass is 16.5. The minimum Gasteiger partial charge on any atom is -0.358 e. The Balaban J connectivity index is 2.00. The Bertz CT molecular complexity index is 771. The van der Waals surface area contributed by atoms with Gasteiger partial charge in [-0.2, -0.15) is 15.6 Å². The number of anilines is 1. The number of benzene rings is 1. The maximum Gasteiger partial charge on any atom is 0.150 e. The van der Waals surface area contributed by atoms with Crippen LogP contribution in [0.25, 0.3) is 10.9 Å². The van der Waals surface area contributed by atoms with Gasteiger partial charge in [0.2, 0.25) is 0 Å². The first-order valence-corrected chi connectivity index (χ1v) is 7.18. The highest BCUT2D eigenvalue weighted by Crippen LogP contribution is 2.30. The van der Waals surface area contributed by atoms with Gasteiger partial charge in [0.05, 0.1) is 17.4 Å². The van der Waals surface area contributed by atoms with Crippen molar-refractivity contribution >= 4 is 16.6 Å². The van der Waals surface area contributed by atoms with E-state index in [0.29, 0.717) is 0 Å². The SMILES string of the molecule is N#CC(C#N)=CNc1cccc2cnn(C3CCCCO3)c12. The zero-order chi connectivity index (χ0) is 15.4. The van der Waals surface area contributed by atoms with Crippen molar-refractivity contribution in [3.63, 3.8) is 0 Å². The summed E-state index contributed by atoms with van der Waals surface area (Å²) in [4.78, 5) is 0. The van der Waals surface area contributed by atoms with Gasteiger partial charge in [-0.1, -0.05) is 12.1 Å². The van der Waals surface area contributed by atoms with Gasteiger partial charge < -0.3 is 10.1 Å². The molecule has 110 valence electrons. The molecule has 1 aliphatic heterocycles. The highest BCUT2D eigenvalue weighted by molar-refractivity contribution is 5.91. The molecule has 1 unspecified atom stereocenters. The third-order valence-corrected chi connectivity index (χ3v) is 3.66. The molecule has 2 heterocycles. The fourth-order valence-corrected chi connectivity index (χ4v) is 2.59. The summed E-state index contributed by atoms with van der Waals surface area (Å²) < 4.78 is 7.68. The van der Waals surface area contributed by atoms with Crippen LogP contribution in [0.1, 0.15) is 25.5 Å². The summed E-state index contributed by atoms with van der Waals surface area (Å²) in [6.07, 6.45) is 6.28. The molecule has 1 aromatic carbocycles. The van der Waals surface area contributed by atoms with E-state index in [0.717, 1.165) is 42.5 Å². The average Bonchev–Trinajstić information content (AvgIpc) is 3.01. The fraction of sp³-hybridized carbons (Fsp3) is 0.312. The summed E-state index contributed by atoms with van der Waals surface area (Å²) in [7, 11) is 0. The van der Waals surface area contributed by atoms with Crippen LogP contribution >= 0.6 is 0 Å². The number of allylic oxidation sites excluding steroid dienone is 1. The molecule has 1 fully saturated rings. The van der Waals surface area contributed by atoms with E-state index in [9.17, 15) is 0 Å². The summed E-state index contributed by atoms with van der Waals surface area (Å²) >= 11 is 0. The number of para-hydroxylation sites is 1. The largest absolute Gasteiger partial charge is 0.358 e. The van der Waals surface area contributed by atoms with Gasteiger partial charge >= 0.3 is 0 Å². The molecular weight excluding hydrogens is 278 g/mol. The molecule has 0 saturated carbocycles. The van der Waals surface area contributed by atoms with Gasteiger partial charge in [0.15, 0.2) is 6.23 Å². The topological polar surface area (TPSA) is 86.7 Å². The quantitative estimate of drug-likeness (QED) is 0.879. The van der Waals surface area contributed by atoms with Crippen LogP contribution in [0, 0.1) is 22.7 Å². The van der Waals surface area contributed by atoms with E-state index in [1.54, 1.807) is 6.20 Å². The van der Waals surface area contributed by atoms with E-state index in [-0.39, 0.29) is 11.8 Å². The first-order chi connectivity index (χ1) is 10.8. The number of hydrogen-bond donors (Lipinski definition) is 1. The van der Waals surface area contributed by atoms with Gasteiger partial charge in [-0.15, -0.1) is 0 Å². The Morgan fingerprint density at radius 3 is 2.95 bits per heavy atom. The minimum absolute atomic E-state index is 0.0250. The Kier molecular flexibility index (Phi) is 4.04. The molecular formula is C16H15N5O. The molecule has 1 aromatic heterocycles. The van der Waals surface area contributed by atoms with Crippen LogP contribution in [-0.4, -0.2) is 16.4 Å². The number of hydrogen-bond acceptors (Lipinski definition) is 5. The Morgan fingerprint density at radius 1 is 1.36 bits per heavy atom. The number of nitrogens with zero attached hydrogens (tertiary/aromatic N) is 4. The van der Waals surface area contributed by atoms with Gasteiger partial charge in [-0.3, -0.25) is 0 Å². The van der Waals surface area contributed by atoms with Crippen molar-refractivity contribution in [3.05, 3.63) is 36.2 Å². The minimum atomic E-state index is -0.0652. The second kappa shape index (κ2) is 6.30. The maximum atomic E-state index is 8.82. The number of rotatable bonds is 3. The van der Waals surface area contributed by atoms with E-state index in [4.69, 9.17) is 15.3 Å². The molecule has 0 amide bonds. The van der Waals surface area contributed by atoms with Crippen LogP contribution in [0.3, 0.4) is 0 Å². The summed E-state index contributed by atoms with van der Waals surface area (Å²) in [5.74, 6) is 0. The standard InChI is InChI=1S/C16H15N5O/c17-8-12(9-18)10-19-14-5-3-4-13-11-20-21(16(13)14)15-6-1-2-7-22-15/h3-5,10-11,15,19H,1-2,6-7H2. The molecule has 0 spiro atoms. The van der Waals surface area contributed by atoms with Crippen molar-refractivity contribution in [1.82, 2.24) is 9.78 Å². The smallest absolute Gasteiger partial charge is 0.150 e. The Hall–Kier alpha value is -2.83. The monoisotopic (exact) mass is 293 g/mol. The lowest BCUT2D eigenvalue weighted by Gasteiger charge is -2.24. The summed E-state index contributed by atoms with van der Waals surface area (Å²) in [6, 6.07) is 9.45. The second-order valence-electron chi connectivity index (χ2n) is 5.08. The molecule has 2 aromatic rings. The molecule has 0 radical (unpaired) electrons. The fourth-order valence-electron chi connectivity index (χ4n) is 2.59. The molecule has 1 N–H and O–H groups in total. The van der Waals surface area contributed by atoms with Gasteiger partial charge in [0.1, 0.15) is 17.7 Å². The van der Waals surface area contributed by atoms with Crippen molar-refractivity contribution in [2.75, 3.05) is 11.9 Å². The number of ether oxygens (including phenoxy) is 1. The maximum absolute atomic E-state index is 8.82. The van der Waals surface area contributed by atoms with Crippen LogP contribution in [0.4, 0.5) is 5.69 Å². The molecule has 0 aliphatic carbocycles. The third-order valence-electron chi connectivity index (χ3n) is 3.66. The molecule has 6 heteroatoms. The lowest BCUT2D eigenvalue weighted by atomic mass is 10.1. The zero-order valence-corrected chi connectivity index (χ0v) is 12.0. The number of fused-ring (bicyclic) bond motifs is 1. The highest BCUT2D eigenvalue weighted by Gasteiger charge is 2.19. The molecule has 1 saturated heterocycles. The van der Waals surface area contributed by atoms with E-state index in [1.807, 2.05) is 35.0 Å². The van der Waals surface area contributed by atoms with Crippen molar-refractivity contribution in [1.29, 1.82) is 10.5 Å². The van der Waals surface area contributed by atoms with Crippen LogP contribution in [0.15, 0.2) is 36.2 Å². The first kappa shape index (κ1) is 14.1. The average molecular weight is 293 g/mol. The van der Waals surface area contributed by atoms with Crippen molar-refractivity contribution in [2.45, 2.75) is 25.5 Å². The zero-order valence-electron chi connectivity index (χ0n) is 12.0. The molecule has 6 nitrogen and oxygen atoms in total. The molecule has 1 aliphatic rings. The normalized spacial score (nSPS) is 17.5. The van der Waals surface area contributed by atoms with Gasteiger partial charge in [-0.05, 0) is 25.3 Å². The molecule has 1 atom stereocenters. The lowest BCUT2D eigenvalue weighted by molar-refractivity contribution is -0.0366.